The lowest BCUT2D eigenvalue weighted by atomic mass is 10.0. The molecular weight excluding hydrogens is 246 g/mol. The molecule has 4 N–H and O–H groups in total. The number of carbonyl (C=O) groups excluding carboxylic acids is 1. The molecular formula is C10H10ClN3O3. The molecule has 1 amide bonds. The molecule has 17 heavy (non-hydrogen) atoms. The highest BCUT2D eigenvalue weighted by molar-refractivity contribution is 6.30. The van der Waals surface area contributed by atoms with Gasteiger partial charge in [-0.15, -0.1) is 0 Å². The van der Waals surface area contributed by atoms with Crippen LogP contribution in [-0.4, -0.2) is 27.2 Å². The summed E-state index contributed by atoms with van der Waals surface area (Å²) in [6.07, 6.45) is -1.98. The van der Waals surface area contributed by atoms with E-state index in [2.05, 4.69) is 4.98 Å². The highest BCUT2D eigenvalue weighted by Gasteiger charge is 2.23. The van der Waals surface area contributed by atoms with E-state index in [0.29, 0.717) is 0 Å². The Kier molecular flexibility index (Phi) is 4.40. The van der Waals surface area contributed by atoms with E-state index < -0.39 is 24.5 Å². The minimum atomic E-state index is -1.42. The Morgan fingerprint density at radius 1 is 1.65 bits per heavy atom. The lowest BCUT2D eigenvalue weighted by Crippen LogP contribution is -2.26. The van der Waals surface area contributed by atoms with Crippen LogP contribution in [-0.2, 0) is 4.79 Å². The van der Waals surface area contributed by atoms with Crippen molar-refractivity contribution in [3.63, 3.8) is 0 Å². The maximum absolute atomic E-state index is 10.6. The molecule has 0 fully saturated rings. The van der Waals surface area contributed by atoms with Crippen molar-refractivity contribution in [1.29, 1.82) is 5.26 Å². The number of pyridine rings is 1. The Morgan fingerprint density at radius 3 is 2.82 bits per heavy atom. The van der Waals surface area contributed by atoms with Crippen molar-refractivity contribution in [2.24, 2.45) is 5.73 Å². The third kappa shape index (κ3) is 3.39. The van der Waals surface area contributed by atoms with Gasteiger partial charge in [0.2, 0.25) is 5.91 Å². The van der Waals surface area contributed by atoms with E-state index in [4.69, 9.17) is 22.6 Å². The molecule has 90 valence electrons. The van der Waals surface area contributed by atoms with Gasteiger partial charge in [0.25, 0.3) is 0 Å². The summed E-state index contributed by atoms with van der Waals surface area (Å²) in [6, 6.07) is 3.12. The van der Waals surface area contributed by atoms with Crippen molar-refractivity contribution < 1.29 is 15.0 Å². The highest BCUT2D eigenvalue weighted by atomic mass is 35.5. The molecule has 1 heterocycles. The first-order valence-corrected chi connectivity index (χ1v) is 5.03. The van der Waals surface area contributed by atoms with Crippen LogP contribution in [0.1, 0.15) is 23.7 Å². The molecule has 7 heteroatoms. The van der Waals surface area contributed by atoms with E-state index >= 15 is 0 Å². The first-order chi connectivity index (χ1) is 7.95. The van der Waals surface area contributed by atoms with Crippen LogP contribution in [0.5, 0.6) is 0 Å². The zero-order valence-electron chi connectivity index (χ0n) is 8.67. The van der Waals surface area contributed by atoms with Crippen molar-refractivity contribution in [3.05, 3.63) is 28.5 Å². The fourth-order valence-corrected chi connectivity index (χ4v) is 1.47. The number of nitrogens with zero attached hydrogens (tertiary/aromatic N) is 2. The normalized spacial score (nSPS) is 13.8. The molecule has 1 aromatic rings. The van der Waals surface area contributed by atoms with Gasteiger partial charge in [-0.2, -0.15) is 5.26 Å². The number of rotatable bonds is 4. The van der Waals surface area contributed by atoms with E-state index in [1.807, 2.05) is 6.07 Å². The van der Waals surface area contributed by atoms with Crippen molar-refractivity contribution >= 4 is 17.5 Å². The molecule has 0 saturated carbocycles. The van der Waals surface area contributed by atoms with Crippen molar-refractivity contribution in [2.75, 3.05) is 0 Å². The minimum Gasteiger partial charge on any atom is -0.390 e. The number of halogens is 1. The van der Waals surface area contributed by atoms with E-state index in [0.717, 1.165) is 0 Å². The summed E-state index contributed by atoms with van der Waals surface area (Å²) in [5.41, 5.74) is 5.16. The van der Waals surface area contributed by atoms with Gasteiger partial charge < -0.3 is 15.9 Å². The predicted molar refractivity (Wildman–Crippen MR) is 58.7 cm³/mol. The highest BCUT2D eigenvalue weighted by Crippen LogP contribution is 2.25. The van der Waals surface area contributed by atoms with Crippen molar-refractivity contribution in [2.45, 2.75) is 18.6 Å². The number of hydrogen-bond acceptors (Lipinski definition) is 5. The maximum atomic E-state index is 10.6. The van der Waals surface area contributed by atoms with Gasteiger partial charge in [-0.1, -0.05) is 11.6 Å². The van der Waals surface area contributed by atoms with Gasteiger partial charge in [-0.3, -0.25) is 4.79 Å². The molecule has 1 aromatic heterocycles. The number of amides is 1. The van der Waals surface area contributed by atoms with Crippen LogP contribution < -0.4 is 5.73 Å². The Morgan fingerprint density at radius 2 is 2.29 bits per heavy atom. The van der Waals surface area contributed by atoms with Crippen molar-refractivity contribution in [1.82, 2.24) is 4.98 Å². The zero-order valence-corrected chi connectivity index (χ0v) is 9.42. The van der Waals surface area contributed by atoms with Crippen LogP contribution in [0, 0.1) is 11.3 Å². The molecule has 0 radical (unpaired) electrons. The average molecular weight is 256 g/mol. The van der Waals surface area contributed by atoms with Gasteiger partial charge in [-0.05, 0) is 6.07 Å². The molecule has 0 bridgehead atoms. The van der Waals surface area contributed by atoms with Crippen LogP contribution in [0.25, 0.3) is 0 Å². The molecule has 6 nitrogen and oxygen atoms in total. The van der Waals surface area contributed by atoms with E-state index in [1.165, 1.54) is 12.3 Å². The third-order valence-corrected chi connectivity index (χ3v) is 2.40. The van der Waals surface area contributed by atoms with Crippen molar-refractivity contribution in [3.8, 4) is 6.07 Å². The number of hydrogen-bond donors (Lipinski definition) is 3. The lowest BCUT2D eigenvalue weighted by molar-refractivity contribution is -0.121. The van der Waals surface area contributed by atoms with Crippen LogP contribution in [0.2, 0.25) is 5.15 Å². The SMILES string of the molecule is N#Cc1cnc(Cl)c(C(O)C(O)CC(N)=O)c1. The maximum Gasteiger partial charge on any atom is 0.220 e. The molecule has 1 rings (SSSR count). The van der Waals surface area contributed by atoms with Gasteiger partial charge in [0.05, 0.1) is 18.1 Å². The summed E-state index contributed by atoms with van der Waals surface area (Å²) in [4.78, 5) is 14.3. The van der Waals surface area contributed by atoms with E-state index in [1.54, 1.807) is 0 Å². The Hall–Kier alpha value is -1.68. The van der Waals surface area contributed by atoms with E-state index in [-0.39, 0.29) is 16.3 Å². The summed E-state index contributed by atoms with van der Waals surface area (Å²) in [7, 11) is 0. The smallest absolute Gasteiger partial charge is 0.220 e. The van der Waals surface area contributed by atoms with Crippen LogP contribution >= 0.6 is 11.6 Å². The zero-order chi connectivity index (χ0) is 13.0. The second-order valence-electron chi connectivity index (χ2n) is 3.40. The predicted octanol–water partition coefficient (Wildman–Crippen LogP) is -0.124. The average Bonchev–Trinajstić information content (AvgIpc) is 2.28. The summed E-state index contributed by atoms with van der Waals surface area (Å²) in [5.74, 6) is -0.753. The molecule has 0 aromatic carbocycles. The summed E-state index contributed by atoms with van der Waals surface area (Å²) < 4.78 is 0. The van der Waals surface area contributed by atoms with Crippen LogP contribution in [0.4, 0.5) is 0 Å². The summed E-state index contributed by atoms with van der Waals surface area (Å²) >= 11 is 5.72. The number of carbonyl (C=O) groups is 1. The Labute approximate surface area is 102 Å². The number of aromatic nitrogens is 1. The standard InChI is InChI=1S/C10H10ClN3O3/c11-10-6(1-5(3-12)4-14-10)9(17)7(15)2-8(13)16/h1,4,7,9,15,17H,2H2,(H2,13,16). The van der Waals surface area contributed by atoms with Gasteiger partial charge in [0, 0.05) is 11.8 Å². The molecule has 0 aliphatic carbocycles. The van der Waals surface area contributed by atoms with Crippen LogP contribution in [0.15, 0.2) is 12.3 Å². The van der Waals surface area contributed by atoms with Crippen LogP contribution in [0.3, 0.4) is 0 Å². The van der Waals surface area contributed by atoms with E-state index in [9.17, 15) is 15.0 Å². The van der Waals surface area contributed by atoms with Gasteiger partial charge >= 0.3 is 0 Å². The van der Waals surface area contributed by atoms with Gasteiger partial charge in [0.1, 0.15) is 17.3 Å². The second kappa shape index (κ2) is 5.59. The Bertz CT molecular complexity index is 472. The first-order valence-electron chi connectivity index (χ1n) is 4.65. The largest absolute Gasteiger partial charge is 0.390 e. The topological polar surface area (TPSA) is 120 Å². The number of nitrogens with two attached hydrogens (primary N) is 1. The quantitative estimate of drug-likeness (QED) is 0.648. The molecule has 0 aliphatic heterocycles. The molecule has 2 atom stereocenters. The number of aliphatic hydroxyl groups excluding tert-OH is 2. The number of primary amides is 1. The first kappa shape index (κ1) is 13.4. The number of nitriles is 1. The minimum absolute atomic E-state index is 0.0416. The monoisotopic (exact) mass is 255 g/mol. The Balaban J connectivity index is 2.99. The molecule has 2 unspecified atom stereocenters. The fraction of sp³-hybridized carbons (Fsp3) is 0.300. The molecule has 0 saturated heterocycles. The lowest BCUT2D eigenvalue weighted by Gasteiger charge is -2.17. The number of aliphatic hydroxyl groups is 2. The summed E-state index contributed by atoms with van der Waals surface area (Å²) in [5, 5.41) is 27.9. The fourth-order valence-electron chi connectivity index (χ4n) is 1.26. The van der Waals surface area contributed by atoms with Gasteiger partial charge in [0.15, 0.2) is 0 Å². The van der Waals surface area contributed by atoms with Gasteiger partial charge in [-0.25, -0.2) is 4.98 Å². The third-order valence-electron chi connectivity index (χ3n) is 2.09. The second-order valence-corrected chi connectivity index (χ2v) is 3.76. The summed E-state index contributed by atoms with van der Waals surface area (Å²) in [6.45, 7) is 0. The molecule has 0 spiro atoms. The molecule has 0 aliphatic rings.